The Morgan fingerprint density at radius 3 is 2.81 bits per heavy atom. The number of benzene rings is 1. The molecule has 7 nitrogen and oxygen atoms in total. The van der Waals surface area contributed by atoms with Gasteiger partial charge in [-0.25, -0.2) is 4.98 Å². The van der Waals surface area contributed by atoms with Crippen LogP contribution >= 0.6 is 11.3 Å². The number of amides is 1. The molecule has 0 aliphatic carbocycles. The molecule has 0 bridgehead atoms. The van der Waals surface area contributed by atoms with Crippen LogP contribution in [-0.4, -0.2) is 65.0 Å². The van der Waals surface area contributed by atoms with E-state index in [0.717, 1.165) is 53.8 Å². The first kappa shape index (κ1) is 18.1. The molecule has 0 atom stereocenters. The molecule has 142 valence electrons. The zero-order chi connectivity index (χ0) is 18.8. The molecule has 1 amide bonds. The minimum Gasteiger partial charge on any atom is -0.379 e. The maximum atomic E-state index is 13.3. The molecular weight excluding hydrogens is 362 g/mol. The van der Waals surface area contributed by atoms with E-state index < -0.39 is 0 Å². The predicted molar refractivity (Wildman–Crippen MR) is 107 cm³/mol. The molecule has 0 saturated carbocycles. The van der Waals surface area contributed by atoms with Crippen molar-refractivity contribution in [2.45, 2.75) is 6.92 Å². The van der Waals surface area contributed by atoms with Gasteiger partial charge < -0.3 is 4.74 Å². The van der Waals surface area contributed by atoms with Crippen molar-refractivity contribution in [1.82, 2.24) is 19.7 Å². The summed E-state index contributed by atoms with van der Waals surface area (Å²) in [6.07, 6.45) is 1.65. The van der Waals surface area contributed by atoms with Crippen molar-refractivity contribution in [3.05, 3.63) is 41.7 Å². The second-order valence-corrected chi connectivity index (χ2v) is 7.68. The zero-order valence-corrected chi connectivity index (χ0v) is 16.4. The van der Waals surface area contributed by atoms with Crippen molar-refractivity contribution >= 4 is 32.6 Å². The maximum Gasteiger partial charge on any atom is 0.278 e. The Morgan fingerprint density at radius 1 is 1.30 bits per heavy atom. The Balaban J connectivity index is 1.64. The molecule has 8 heteroatoms. The van der Waals surface area contributed by atoms with Crippen molar-refractivity contribution in [2.75, 3.05) is 44.3 Å². The summed E-state index contributed by atoms with van der Waals surface area (Å²) in [4.78, 5) is 22.2. The molecule has 0 spiro atoms. The molecule has 4 rings (SSSR count). The minimum atomic E-state index is -0.0695. The number of hydrogen-bond acceptors (Lipinski definition) is 6. The van der Waals surface area contributed by atoms with Crippen LogP contribution in [0.3, 0.4) is 0 Å². The number of carbonyl (C=O) groups is 1. The SMILES string of the molecule is Cc1cccc2sc(N(CCN3CCOCC3)C(=O)c3ccnn3C)nc12. The molecule has 2 aromatic heterocycles. The van der Waals surface area contributed by atoms with Crippen LogP contribution in [0.15, 0.2) is 30.5 Å². The van der Waals surface area contributed by atoms with Crippen LogP contribution < -0.4 is 4.90 Å². The average Bonchev–Trinajstić information content (AvgIpc) is 3.29. The number of carbonyl (C=O) groups excluding carboxylic acids is 1. The molecule has 1 aliphatic rings. The fourth-order valence-electron chi connectivity index (χ4n) is 3.26. The molecule has 0 unspecified atom stereocenters. The van der Waals surface area contributed by atoms with Gasteiger partial charge >= 0.3 is 0 Å². The quantitative estimate of drug-likeness (QED) is 0.674. The van der Waals surface area contributed by atoms with E-state index in [0.29, 0.717) is 12.2 Å². The van der Waals surface area contributed by atoms with Crippen LogP contribution in [0, 0.1) is 6.92 Å². The Hall–Kier alpha value is -2.29. The number of morpholine rings is 1. The summed E-state index contributed by atoms with van der Waals surface area (Å²) < 4.78 is 8.13. The van der Waals surface area contributed by atoms with Gasteiger partial charge in [0.1, 0.15) is 5.69 Å². The Kier molecular flexibility index (Phi) is 5.20. The van der Waals surface area contributed by atoms with E-state index in [1.165, 1.54) is 0 Å². The van der Waals surface area contributed by atoms with E-state index in [1.807, 2.05) is 19.1 Å². The number of aryl methyl sites for hydroxylation is 2. The highest BCUT2D eigenvalue weighted by atomic mass is 32.1. The molecule has 3 aromatic rings. The number of rotatable bonds is 5. The van der Waals surface area contributed by atoms with E-state index in [1.54, 1.807) is 40.2 Å². The Bertz CT molecular complexity index is 945. The van der Waals surface area contributed by atoms with Crippen LogP contribution in [0.5, 0.6) is 0 Å². The minimum absolute atomic E-state index is 0.0695. The lowest BCUT2D eigenvalue weighted by molar-refractivity contribution is 0.0391. The zero-order valence-electron chi connectivity index (χ0n) is 15.6. The first-order valence-electron chi connectivity index (χ1n) is 9.09. The van der Waals surface area contributed by atoms with Crippen LogP contribution in [0.1, 0.15) is 16.1 Å². The van der Waals surface area contributed by atoms with Gasteiger partial charge in [-0.2, -0.15) is 5.10 Å². The summed E-state index contributed by atoms with van der Waals surface area (Å²) in [5.41, 5.74) is 2.65. The number of anilines is 1. The summed E-state index contributed by atoms with van der Waals surface area (Å²) in [6, 6.07) is 7.88. The third kappa shape index (κ3) is 3.73. The van der Waals surface area contributed by atoms with E-state index in [9.17, 15) is 4.79 Å². The number of hydrogen-bond donors (Lipinski definition) is 0. The van der Waals surface area contributed by atoms with E-state index in [2.05, 4.69) is 16.1 Å². The van der Waals surface area contributed by atoms with Crippen molar-refractivity contribution in [3.8, 4) is 0 Å². The molecular formula is C19H23N5O2S. The molecule has 27 heavy (non-hydrogen) atoms. The summed E-state index contributed by atoms with van der Waals surface area (Å²) in [7, 11) is 1.79. The van der Waals surface area contributed by atoms with Gasteiger partial charge in [0.25, 0.3) is 5.91 Å². The molecule has 1 fully saturated rings. The molecule has 1 saturated heterocycles. The van der Waals surface area contributed by atoms with Gasteiger partial charge in [-0.1, -0.05) is 23.5 Å². The molecule has 0 N–H and O–H groups in total. The first-order chi connectivity index (χ1) is 13.1. The number of para-hydroxylation sites is 1. The summed E-state index contributed by atoms with van der Waals surface area (Å²) in [5.74, 6) is -0.0695. The normalized spacial score (nSPS) is 15.3. The van der Waals surface area contributed by atoms with Gasteiger partial charge in [-0.3, -0.25) is 19.3 Å². The second-order valence-electron chi connectivity index (χ2n) is 6.67. The van der Waals surface area contributed by atoms with Gasteiger partial charge in [-0.05, 0) is 24.6 Å². The molecule has 1 aliphatic heterocycles. The predicted octanol–water partition coefficient (Wildman–Crippen LogP) is 2.32. The number of aromatic nitrogens is 3. The Morgan fingerprint density at radius 2 is 2.11 bits per heavy atom. The second kappa shape index (κ2) is 7.75. The van der Waals surface area contributed by atoms with Crippen molar-refractivity contribution < 1.29 is 9.53 Å². The lowest BCUT2D eigenvalue weighted by Gasteiger charge is -2.29. The number of nitrogens with zero attached hydrogens (tertiary/aromatic N) is 5. The highest BCUT2D eigenvalue weighted by Crippen LogP contribution is 2.31. The largest absolute Gasteiger partial charge is 0.379 e. The molecule has 3 heterocycles. The topological polar surface area (TPSA) is 63.5 Å². The standard InChI is InChI=1S/C19H23N5O2S/c1-14-4-3-5-16-17(14)21-19(27-16)24(9-8-23-10-12-26-13-11-23)18(25)15-6-7-20-22(15)2/h3-7H,8-13H2,1-2H3. The van der Waals surface area contributed by atoms with E-state index in [-0.39, 0.29) is 5.91 Å². The average molecular weight is 385 g/mol. The van der Waals surface area contributed by atoms with Crippen LogP contribution in [0.2, 0.25) is 0 Å². The van der Waals surface area contributed by atoms with Crippen molar-refractivity contribution in [2.24, 2.45) is 7.05 Å². The molecule has 0 radical (unpaired) electrons. The Labute approximate surface area is 162 Å². The van der Waals surface area contributed by atoms with Crippen LogP contribution in [-0.2, 0) is 11.8 Å². The number of ether oxygens (including phenoxy) is 1. The number of fused-ring (bicyclic) bond motifs is 1. The van der Waals surface area contributed by atoms with Crippen molar-refractivity contribution in [1.29, 1.82) is 0 Å². The van der Waals surface area contributed by atoms with Gasteiger partial charge in [0.15, 0.2) is 5.13 Å². The van der Waals surface area contributed by atoms with Gasteiger partial charge in [0.2, 0.25) is 0 Å². The van der Waals surface area contributed by atoms with Gasteiger partial charge in [-0.15, -0.1) is 0 Å². The monoisotopic (exact) mass is 385 g/mol. The molecule has 1 aromatic carbocycles. The highest BCUT2D eigenvalue weighted by molar-refractivity contribution is 7.22. The smallest absolute Gasteiger partial charge is 0.278 e. The summed E-state index contributed by atoms with van der Waals surface area (Å²) >= 11 is 1.56. The lowest BCUT2D eigenvalue weighted by Crippen LogP contribution is -2.43. The lowest BCUT2D eigenvalue weighted by atomic mass is 10.2. The van der Waals surface area contributed by atoms with Gasteiger partial charge in [0, 0.05) is 39.4 Å². The third-order valence-electron chi connectivity index (χ3n) is 4.87. The fraction of sp³-hybridized carbons (Fsp3) is 0.421. The first-order valence-corrected chi connectivity index (χ1v) is 9.91. The van der Waals surface area contributed by atoms with Gasteiger partial charge in [0.05, 0.1) is 23.4 Å². The summed E-state index contributed by atoms with van der Waals surface area (Å²) in [5, 5.41) is 4.88. The van der Waals surface area contributed by atoms with Crippen LogP contribution in [0.4, 0.5) is 5.13 Å². The fourth-order valence-corrected chi connectivity index (χ4v) is 4.33. The third-order valence-corrected chi connectivity index (χ3v) is 5.91. The van der Waals surface area contributed by atoms with E-state index in [4.69, 9.17) is 9.72 Å². The van der Waals surface area contributed by atoms with Crippen LogP contribution in [0.25, 0.3) is 10.2 Å². The summed E-state index contributed by atoms with van der Waals surface area (Å²) in [6.45, 7) is 6.71. The van der Waals surface area contributed by atoms with Crippen molar-refractivity contribution in [3.63, 3.8) is 0 Å². The number of thiazole rings is 1. The van der Waals surface area contributed by atoms with E-state index >= 15 is 0 Å². The maximum absolute atomic E-state index is 13.3. The highest BCUT2D eigenvalue weighted by Gasteiger charge is 2.24.